The molecular weight excluding hydrogens is 337 g/mol. The van der Waals surface area contributed by atoms with E-state index in [1.807, 2.05) is 0 Å². The molecule has 0 bridgehead atoms. The third-order valence-corrected chi connectivity index (χ3v) is 3.81. The van der Waals surface area contributed by atoms with Gasteiger partial charge in [-0.1, -0.05) is 12.1 Å². The Balaban J connectivity index is 1.91. The van der Waals surface area contributed by atoms with Crippen molar-refractivity contribution in [3.63, 3.8) is 0 Å². The number of likely N-dealkylation sites (tertiary alicyclic amines) is 1. The summed E-state index contributed by atoms with van der Waals surface area (Å²) in [6.07, 6.45) is -1.63. The normalized spacial score (nSPS) is 15.1. The Hall–Kier alpha value is -2.09. The van der Waals surface area contributed by atoms with Crippen molar-refractivity contribution in [2.24, 2.45) is 0 Å². The number of piperidine rings is 1. The van der Waals surface area contributed by atoms with Crippen LogP contribution >= 0.6 is 0 Å². The van der Waals surface area contributed by atoms with Gasteiger partial charge in [-0.2, -0.15) is 13.2 Å². The molecule has 2 amide bonds. The first-order chi connectivity index (χ1) is 11.9. The molecule has 5 nitrogen and oxygen atoms in total. The molecule has 8 heteroatoms. The fraction of sp³-hybridized carbons (Fsp3) is 0.529. The van der Waals surface area contributed by atoms with Crippen molar-refractivity contribution in [3.05, 3.63) is 29.8 Å². The highest BCUT2D eigenvalue weighted by Gasteiger charge is 2.27. The highest BCUT2D eigenvalue weighted by Crippen LogP contribution is 2.20. The number of halogens is 3. The average Bonchev–Trinajstić information content (AvgIpc) is 2.59. The second-order valence-corrected chi connectivity index (χ2v) is 5.86. The molecule has 0 radical (unpaired) electrons. The Kier molecular flexibility index (Phi) is 6.81. The fourth-order valence-corrected chi connectivity index (χ4v) is 2.61. The summed E-state index contributed by atoms with van der Waals surface area (Å²) in [5.41, 5.74) is 0.743. The number of ether oxygens (including phenoxy) is 1. The lowest BCUT2D eigenvalue weighted by molar-refractivity contribution is -0.174. The van der Waals surface area contributed by atoms with Gasteiger partial charge in [-0.25, -0.2) is 0 Å². The molecule has 25 heavy (non-hydrogen) atoms. The van der Waals surface area contributed by atoms with Gasteiger partial charge in [-0.3, -0.25) is 9.59 Å². The number of amides is 2. The first-order valence-corrected chi connectivity index (χ1v) is 8.19. The summed E-state index contributed by atoms with van der Waals surface area (Å²) in [4.78, 5) is 26.2. The Morgan fingerprint density at radius 1 is 1.12 bits per heavy atom. The van der Waals surface area contributed by atoms with Gasteiger partial charge in [0.05, 0.1) is 24.3 Å². The molecule has 1 heterocycles. The number of hydrogen-bond donors (Lipinski definition) is 1. The molecule has 1 N–H and O–H groups in total. The molecule has 1 fully saturated rings. The number of hydrogen-bond acceptors (Lipinski definition) is 3. The predicted molar refractivity (Wildman–Crippen MR) is 86.3 cm³/mol. The zero-order valence-electron chi connectivity index (χ0n) is 13.8. The Labute approximate surface area is 144 Å². The number of carbonyl (C=O) groups excluding carboxylic acids is 2. The van der Waals surface area contributed by atoms with E-state index in [0.717, 1.165) is 19.3 Å². The number of para-hydroxylation sites is 1. The van der Waals surface area contributed by atoms with Gasteiger partial charge in [-0.05, 0) is 31.4 Å². The number of nitrogens with one attached hydrogen (secondary N) is 1. The van der Waals surface area contributed by atoms with Crippen LogP contribution in [0.1, 0.15) is 36.0 Å². The third kappa shape index (κ3) is 6.38. The van der Waals surface area contributed by atoms with Crippen LogP contribution in [0.15, 0.2) is 24.3 Å². The van der Waals surface area contributed by atoms with Crippen molar-refractivity contribution in [1.82, 2.24) is 4.90 Å². The molecule has 0 spiro atoms. The van der Waals surface area contributed by atoms with Gasteiger partial charge in [0.2, 0.25) is 5.91 Å². The lowest BCUT2D eigenvalue weighted by Gasteiger charge is -2.27. The Morgan fingerprint density at radius 2 is 1.80 bits per heavy atom. The quantitative estimate of drug-likeness (QED) is 0.795. The largest absolute Gasteiger partial charge is 0.411 e. The van der Waals surface area contributed by atoms with Crippen molar-refractivity contribution >= 4 is 17.5 Å². The molecule has 0 atom stereocenters. The van der Waals surface area contributed by atoms with Crippen molar-refractivity contribution in [3.8, 4) is 0 Å². The van der Waals surface area contributed by atoms with Crippen LogP contribution in [0.2, 0.25) is 0 Å². The molecule has 0 unspecified atom stereocenters. The van der Waals surface area contributed by atoms with Crippen LogP contribution in [0.5, 0.6) is 0 Å². The van der Waals surface area contributed by atoms with Gasteiger partial charge in [0.15, 0.2) is 0 Å². The van der Waals surface area contributed by atoms with Crippen LogP contribution < -0.4 is 5.32 Å². The predicted octanol–water partition coefficient (Wildman–Crippen LogP) is 3.22. The summed E-state index contributed by atoms with van der Waals surface area (Å²) in [7, 11) is 0. The van der Waals surface area contributed by atoms with E-state index in [9.17, 15) is 22.8 Å². The molecule has 1 aliphatic rings. The SMILES string of the molecule is O=C(CCOCC(F)(F)F)Nc1ccccc1C(=O)N1CCCCC1. The molecule has 0 aliphatic carbocycles. The molecule has 1 saturated heterocycles. The minimum atomic E-state index is -4.41. The second kappa shape index (κ2) is 8.84. The van der Waals surface area contributed by atoms with Crippen molar-refractivity contribution < 1.29 is 27.5 Å². The van der Waals surface area contributed by atoms with E-state index in [4.69, 9.17) is 0 Å². The zero-order chi connectivity index (χ0) is 18.3. The minimum absolute atomic E-state index is 0.149. The summed E-state index contributed by atoms with van der Waals surface area (Å²) >= 11 is 0. The molecule has 0 aromatic heterocycles. The summed E-state index contributed by atoms with van der Waals surface area (Å²) in [5, 5.41) is 2.58. The first-order valence-electron chi connectivity index (χ1n) is 8.19. The van der Waals surface area contributed by atoms with Crippen LogP contribution in [0.3, 0.4) is 0 Å². The number of alkyl halides is 3. The van der Waals surface area contributed by atoms with Gasteiger partial charge >= 0.3 is 6.18 Å². The van der Waals surface area contributed by atoms with E-state index in [1.165, 1.54) is 0 Å². The topological polar surface area (TPSA) is 58.6 Å². The summed E-state index contributed by atoms with van der Waals surface area (Å²) in [6.45, 7) is -0.351. The Morgan fingerprint density at radius 3 is 2.48 bits per heavy atom. The maximum absolute atomic E-state index is 12.6. The van der Waals surface area contributed by atoms with Crippen molar-refractivity contribution in [1.29, 1.82) is 0 Å². The van der Waals surface area contributed by atoms with Crippen LogP contribution in [-0.4, -0.2) is 49.2 Å². The standard InChI is InChI=1S/C17H21F3N2O3/c18-17(19,20)12-25-11-8-15(23)21-14-7-3-2-6-13(14)16(24)22-9-4-1-5-10-22/h2-3,6-7H,1,4-5,8-12H2,(H,21,23). The van der Waals surface area contributed by atoms with Gasteiger partial charge in [-0.15, -0.1) is 0 Å². The zero-order valence-corrected chi connectivity index (χ0v) is 13.8. The molecule has 1 aliphatic heterocycles. The molecule has 1 aromatic carbocycles. The highest BCUT2D eigenvalue weighted by molar-refractivity contribution is 6.03. The van der Waals surface area contributed by atoms with Gasteiger partial charge in [0.1, 0.15) is 6.61 Å². The van der Waals surface area contributed by atoms with Crippen LogP contribution in [0.4, 0.5) is 18.9 Å². The van der Waals surface area contributed by atoms with Crippen molar-refractivity contribution in [2.45, 2.75) is 31.9 Å². The Bertz CT molecular complexity index is 599. The van der Waals surface area contributed by atoms with Crippen LogP contribution in [-0.2, 0) is 9.53 Å². The molecule has 2 rings (SSSR count). The number of benzene rings is 1. The smallest absolute Gasteiger partial charge is 0.372 e. The lowest BCUT2D eigenvalue weighted by Crippen LogP contribution is -2.36. The molecule has 1 aromatic rings. The molecular formula is C17H21F3N2O3. The van der Waals surface area contributed by atoms with E-state index in [-0.39, 0.29) is 18.9 Å². The van der Waals surface area contributed by atoms with E-state index in [1.54, 1.807) is 29.2 Å². The van der Waals surface area contributed by atoms with Crippen molar-refractivity contribution in [2.75, 3.05) is 31.6 Å². The highest BCUT2D eigenvalue weighted by atomic mass is 19.4. The minimum Gasteiger partial charge on any atom is -0.372 e. The summed E-state index contributed by atoms with van der Waals surface area (Å²) < 4.78 is 40.4. The fourth-order valence-electron chi connectivity index (χ4n) is 2.61. The molecule has 0 saturated carbocycles. The monoisotopic (exact) mass is 358 g/mol. The summed E-state index contributed by atoms with van der Waals surface area (Å²) in [6, 6.07) is 6.63. The van der Waals surface area contributed by atoms with Gasteiger partial charge in [0, 0.05) is 13.1 Å². The van der Waals surface area contributed by atoms with Gasteiger partial charge < -0.3 is 15.0 Å². The second-order valence-electron chi connectivity index (χ2n) is 5.86. The van der Waals surface area contributed by atoms with Crippen LogP contribution in [0.25, 0.3) is 0 Å². The maximum atomic E-state index is 12.6. The molecule has 138 valence electrons. The average molecular weight is 358 g/mol. The van der Waals surface area contributed by atoms with E-state index in [0.29, 0.717) is 24.3 Å². The van der Waals surface area contributed by atoms with Gasteiger partial charge in [0.25, 0.3) is 5.91 Å². The number of rotatable bonds is 6. The number of carbonyl (C=O) groups is 2. The number of nitrogens with zero attached hydrogens (tertiary/aromatic N) is 1. The van der Waals surface area contributed by atoms with Crippen LogP contribution in [0, 0.1) is 0 Å². The maximum Gasteiger partial charge on any atom is 0.411 e. The van der Waals surface area contributed by atoms with E-state index < -0.39 is 18.7 Å². The van der Waals surface area contributed by atoms with E-state index >= 15 is 0 Å². The third-order valence-electron chi connectivity index (χ3n) is 3.81. The lowest BCUT2D eigenvalue weighted by atomic mass is 10.1. The van der Waals surface area contributed by atoms with E-state index in [2.05, 4.69) is 10.1 Å². The number of anilines is 1. The summed E-state index contributed by atoms with van der Waals surface area (Å²) in [5.74, 6) is -0.648. The first kappa shape index (κ1) is 19.2.